The summed E-state index contributed by atoms with van der Waals surface area (Å²) < 4.78 is 0. The van der Waals surface area contributed by atoms with Gasteiger partial charge in [-0.1, -0.05) is 20.4 Å². The zero-order valence-corrected chi connectivity index (χ0v) is 6.55. The molecule has 0 saturated carbocycles. The molecule has 0 bridgehead atoms. The molecule has 0 amide bonds. The fourth-order valence-corrected chi connectivity index (χ4v) is 0.755. The van der Waals surface area contributed by atoms with Crippen LogP contribution in [0.25, 0.3) is 4.85 Å². The third-order valence-corrected chi connectivity index (χ3v) is 1.39. The Morgan fingerprint density at radius 3 is 2.55 bits per heavy atom. The third-order valence-electron chi connectivity index (χ3n) is 1.39. The number of imidazole rings is 1. The average molecular weight is 150 g/mol. The van der Waals surface area contributed by atoms with Crippen LogP contribution in [-0.4, -0.2) is 9.97 Å². The first-order valence-corrected chi connectivity index (χ1v) is 3.38. The second-order valence-electron chi connectivity index (χ2n) is 2.62. The van der Waals surface area contributed by atoms with Gasteiger partial charge in [0.25, 0.3) is 5.82 Å². The van der Waals surface area contributed by atoms with Gasteiger partial charge in [-0.05, 0) is 0 Å². The minimum absolute atomic E-state index is 0.285. The van der Waals surface area contributed by atoms with E-state index in [1.165, 1.54) is 0 Å². The Balaban J connectivity index is 3.07. The van der Waals surface area contributed by atoms with Crippen molar-refractivity contribution < 1.29 is 0 Å². The smallest absolute Gasteiger partial charge is 0.271 e. The van der Waals surface area contributed by atoms with E-state index >= 15 is 0 Å². The molecule has 1 rings (SSSR count). The number of aromatic nitrogens is 2. The van der Waals surface area contributed by atoms with Gasteiger partial charge in [0.05, 0.1) is 0 Å². The molecule has 0 aromatic carbocycles. The van der Waals surface area contributed by atoms with E-state index in [2.05, 4.69) is 14.8 Å². The molecule has 1 heterocycles. The molecule has 1 aromatic heterocycles. The second-order valence-corrected chi connectivity index (χ2v) is 2.62. The van der Waals surface area contributed by atoms with E-state index in [4.69, 9.17) is 12.3 Å². The Hall–Kier alpha value is -1.50. The van der Waals surface area contributed by atoms with E-state index in [1.54, 1.807) is 0 Å². The van der Waals surface area contributed by atoms with Gasteiger partial charge in [0.15, 0.2) is 5.82 Å². The maximum absolute atomic E-state index is 6.71. The van der Waals surface area contributed by atoms with E-state index in [1.807, 2.05) is 13.8 Å². The Kier molecular flexibility index (Phi) is 1.81. The highest BCUT2D eigenvalue weighted by atomic mass is 15.1. The van der Waals surface area contributed by atoms with Crippen molar-refractivity contribution in [3.05, 3.63) is 17.2 Å². The lowest BCUT2D eigenvalue weighted by atomic mass is 10.2. The lowest BCUT2D eigenvalue weighted by molar-refractivity contribution is 0.796. The Bertz CT molecular complexity index is 292. The number of nitrogens with two attached hydrogens (primary N) is 1. The first-order chi connectivity index (χ1) is 5.15. The summed E-state index contributed by atoms with van der Waals surface area (Å²) in [5.74, 6) is 1.69. The van der Waals surface area contributed by atoms with Crippen LogP contribution in [0.2, 0.25) is 0 Å². The van der Waals surface area contributed by atoms with Crippen LogP contribution < -0.4 is 5.73 Å². The van der Waals surface area contributed by atoms with Crippen molar-refractivity contribution in [2.24, 2.45) is 0 Å². The van der Waals surface area contributed by atoms with E-state index < -0.39 is 0 Å². The molecule has 3 N–H and O–H groups in total. The van der Waals surface area contributed by atoms with Gasteiger partial charge in [0, 0.05) is 5.92 Å². The van der Waals surface area contributed by atoms with Crippen molar-refractivity contribution in [1.29, 1.82) is 0 Å². The fraction of sp³-hybridized carbons (Fsp3) is 0.429. The van der Waals surface area contributed by atoms with Crippen LogP contribution >= 0.6 is 0 Å². The zero-order chi connectivity index (χ0) is 8.43. The number of anilines is 1. The number of nitrogens with one attached hydrogen (secondary N) is 1. The van der Waals surface area contributed by atoms with Crippen LogP contribution in [0.5, 0.6) is 0 Å². The predicted molar refractivity (Wildman–Crippen MR) is 43.4 cm³/mol. The van der Waals surface area contributed by atoms with Crippen LogP contribution in [0.4, 0.5) is 11.6 Å². The zero-order valence-electron chi connectivity index (χ0n) is 6.55. The largest absolute Gasteiger partial charge is 0.391 e. The molecule has 11 heavy (non-hydrogen) atoms. The molecule has 1 aromatic rings. The maximum atomic E-state index is 6.71. The summed E-state index contributed by atoms with van der Waals surface area (Å²) in [7, 11) is 0. The van der Waals surface area contributed by atoms with Crippen molar-refractivity contribution >= 4 is 11.6 Å². The average Bonchev–Trinajstić information content (AvgIpc) is 2.31. The number of aromatic amines is 1. The van der Waals surface area contributed by atoms with Gasteiger partial charge in [-0.15, -0.1) is 0 Å². The first kappa shape index (κ1) is 7.61. The highest BCUT2D eigenvalue weighted by molar-refractivity contribution is 5.57. The lowest BCUT2D eigenvalue weighted by Crippen LogP contribution is -1.90. The van der Waals surface area contributed by atoms with E-state index in [0.29, 0.717) is 11.6 Å². The summed E-state index contributed by atoms with van der Waals surface area (Å²) in [6, 6.07) is 0. The highest BCUT2D eigenvalue weighted by Crippen LogP contribution is 2.21. The molecule has 0 aliphatic heterocycles. The monoisotopic (exact) mass is 150 g/mol. The standard InChI is InChI=1S/C7H10N4/c1-4(2)6-10-5(8)7(9-3)11-6/h4H,8H2,1-2H3,(H,10,11). The fourth-order valence-electron chi connectivity index (χ4n) is 0.755. The van der Waals surface area contributed by atoms with Crippen LogP contribution in [0.1, 0.15) is 25.6 Å². The molecule has 0 aliphatic carbocycles. The van der Waals surface area contributed by atoms with Crippen molar-refractivity contribution in [3.63, 3.8) is 0 Å². The summed E-state index contributed by atoms with van der Waals surface area (Å²) >= 11 is 0. The van der Waals surface area contributed by atoms with Crippen molar-refractivity contribution in [2.75, 3.05) is 5.73 Å². The van der Waals surface area contributed by atoms with Gasteiger partial charge in [0.2, 0.25) is 0 Å². The predicted octanol–water partition coefficient (Wildman–Crippen LogP) is 1.67. The van der Waals surface area contributed by atoms with Crippen molar-refractivity contribution in [1.82, 2.24) is 9.97 Å². The molecule has 0 atom stereocenters. The first-order valence-electron chi connectivity index (χ1n) is 3.38. The highest BCUT2D eigenvalue weighted by Gasteiger charge is 2.10. The molecule has 4 nitrogen and oxygen atoms in total. The molecule has 0 radical (unpaired) electrons. The van der Waals surface area contributed by atoms with Crippen LogP contribution in [0.15, 0.2) is 0 Å². The Morgan fingerprint density at radius 1 is 1.64 bits per heavy atom. The van der Waals surface area contributed by atoms with Gasteiger partial charge < -0.3 is 10.6 Å². The molecular formula is C7H10N4. The lowest BCUT2D eigenvalue weighted by Gasteiger charge is -1.92. The van der Waals surface area contributed by atoms with Gasteiger partial charge in [0.1, 0.15) is 5.82 Å². The normalized spacial score (nSPS) is 10.0. The van der Waals surface area contributed by atoms with Gasteiger partial charge in [-0.25, -0.2) is 4.98 Å². The van der Waals surface area contributed by atoms with Crippen molar-refractivity contribution in [3.8, 4) is 0 Å². The molecule has 58 valence electrons. The SMILES string of the molecule is [C-]#[N+]c1[nH]c(C(C)C)nc1N. The van der Waals surface area contributed by atoms with Gasteiger partial charge in [-0.3, -0.25) is 4.98 Å². The molecular weight excluding hydrogens is 140 g/mol. The van der Waals surface area contributed by atoms with E-state index in [0.717, 1.165) is 5.82 Å². The molecule has 0 unspecified atom stereocenters. The topological polar surface area (TPSA) is 59.1 Å². The molecule has 4 heteroatoms. The molecule has 0 fully saturated rings. The quantitative estimate of drug-likeness (QED) is 0.598. The maximum Gasteiger partial charge on any atom is 0.271 e. The van der Waals surface area contributed by atoms with Gasteiger partial charge in [-0.2, -0.15) is 0 Å². The minimum Gasteiger partial charge on any atom is -0.391 e. The van der Waals surface area contributed by atoms with E-state index in [-0.39, 0.29) is 5.92 Å². The van der Waals surface area contributed by atoms with Crippen LogP contribution in [0, 0.1) is 6.57 Å². The molecule has 0 spiro atoms. The summed E-state index contributed by atoms with van der Waals surface area (Å²) in [5.41, 5.74) is 5.43. The van der Waals surface area contributed by atoms with Crippen LogP contribution in [-0.2, 0) is 0 Å². The number of nitrogens with zero attached hydrogens (tertiary/aromatic N) is 2. The number of nitrogen functional groups attached to an aromatic ring is 1. The second kappa shape index (κ2) is 2.62. The summed E-state index contributed by atoms with van der Waals surface area (Å²) in [5, 5.41) is 0. The van der Waals surface area contributed by atoms with Crippen LogP contribution in [0.3, 0.4) is 0 Å². The number of H-pyrrole nitrogens is 1. The summed E-state index contributed by atoms with van der Waals surface area (Å²) in [4.78, 5) is 10.0. The Morgan fingerprint density at radius 2 is 2.27 bits per heavy atom. The Labute approximate surface area is 65.3 Å². The van der Waals surface area contributed by atoms with Crippen molar-refractivity contribution in [2.45, 2.75) is 19.8 Å². The summed E-state index contributed by atoms with van der Waals surface area (Å²) in [6.07, 6.45) is 0. The van der Waals surface area contributed by atoms with Gasteiger partial charge >= 0.3 is 0 Å². The number of hydrogen-bond donors (Lipinski definition) is 2. The third kappa shape index (κ3) is 1.32. The summed E-state index contributed by atoms with van der Waals surface area (Å²) in [6.45, 7) is 10.7. The number of rotatable bonds is 1. The van der Waals surface area contributed by atoms with E-state index in [9.17, 15) is 0 Å². The minimum atomic E-state index is 0.285. The number of hydrogen-bond acceptors (Lipinski definition) is 2. The molecule has 0 aliphatic rings. The molecule has 0 saturated heterocycles.